The molecule has 0 amide bonds. The van der Waals surface area contributed by atoms with Crippen molar-refractivity contribution < 1.29 is 4.42 Å². The topological polar surface area (TPSA) is 25.2 Å². The van der Waals surface area contributed by atoms with Crippen molar-refractivity contribution in [3.63, 3.8) is 0 Å². The van der Waals surface area contributed by atoms with Crippen LogP contribution in [0.2, 0.25) is 0 Å². The first kappa shape index (κ1) is 10.2. The first-order chi connectivity index (χ1) is 6.52. The number of hydrogen-bond donors (Lipinski definition) is 1. The zero-order chi connectivity index (χ0) is 10.4. The van der Waals surface area contributed by atoms with Crippen LogP contribution in [0.3, 0.4) is 0 Å². The third-order valence-electron chi connectivity index (χ3n) is 3.61. The lowest BCUT2D eigenvalue weighted by Crippen LogP contribution is -2.45. The second-order valence-corrected chi connectivity index (χ2v) is 5.34. The molecule has 0 saturated heterocycles. The van der Waals surface area contributed by atoms with Crippen LogP contribution >= 0.6 is 15.9 Å². The lowest BCUT2D eigenvalue weighted by atomic mass is 9.79. The van der Waals surface area contributed by atoms with E-state index in [-0.39, 0.29) is 11.0 Å². The standard InChI is InChI=1S/C11H16BrNO/c1-10(2,11(13-3)6-7-11)8-4-5-9(12)14-8/h4-5,13H,6-7H2,1-3H3. The van der Waals surface area contributed by atoms with Crippen LogP contribution < -0.4 is 5.32 Å². The zero-order valence-corrected chi connectivity index (χ0v) is 10.4. The molecule has 1 aliphatic rings. The summed E-state index contributed by atoms with van der Waals surface area (Å²) < 4.78 is 6.47. The average Bonchev–Trinajstić information content (AvgIpc) is 2.84. The minimum absolute atomic E-state index is 0.0633. The summed E-state index contributed by atoms with van der Waals surface area (Å²) in [5, 5.41) is 3.43. The summed E-state index contributed by atoms with van der Waals surface area (Å²) in [6.07, 6.45) is 2.46. The number of furan rings is 1. The first-order valence-corrected chi connectivity index (χ1v) is 5.76. The van der Waals surface area contributed by atoms with E-state index in [4.69, 9.17) is 4.42 Å². The second kappa shape index (κ2) is 3.11. The van der Waals surface area contributed by atoms with Crippen LogP contribution in [0.25, 0.3) is 0 Å². The third-order valence-corrected chi connectivity index (χ3v) is 4.04. The van der Waals surface area contributed by atoms with Gasteiger partial charge in [-0.1, -0.05) is 13.8 Å². The molecule has 1 aromatic rings. The molecule has 0 atom stereocenters. The molecule has 0 spiro atoms. The van der Waals surface area contributed by atoms with Crippen molar-refractivity contribution in [2.24, 2.45) is 0 Å². The molecule has 1 saturated carbocycles. The van der Waals surface area contributed by atoms with Gasteiger partial charge in [-0.05, 0) is 48.0 Å². The minimum Gasteiger partial charge on any atom is -0.454 e. The van der Waals surface area contributed by atoms with Gasteiger partial charge in [-0.15, -0.1) is 0 Å². The predicted molar refractivity (Wildman–Crippen MR) is 60.5 cm³/mol. The Balaban J connectivity index is 2.32. The van der Waals surface area contributed by atoms with Gasteiger partial charge in [0.15, 0.2) is 4.67 Å². The van der Waals surface area contributed by atoms with E-state index in [0.29, 0.717) is 0 Å². The molecular weight excluding hydrogens is 242 g/mol. The van der Waals surface area contributed by atoms with Crippen LogP contribution in [-0.2, 0) is 5.41 Å². The Bertz CT molecular complexity index is 339. The van der Waals surface area contributed by atoms with Crippen LogP contribution in [0.4, 0.5) is 0 Å². The molecule has 1 fully saturated rings. The SMILES string of the molecule is CNC1(C(C)(C)c2ccc(Br)o2)CC1. The normalized spacial score (nSPS) is 19.7. The lowest BCUT2D eigenvalue weighted by Gasteiger charge is -2.32. The summed E-state index contributed by atoms with van der Waals surface area (Å²) in [4.78, 5) is 0. The molecule has 0 aromatic carbocycles. The molecule has 2 rings (SSSR count). The van der Waals surface area contributed by atoms with Crippen LogP contribution in [0.5, 0.6) is 0 Å². The molecule has 0 unspecified atom stereocenters. The zero-order valence-electron chi connectivity index (χ0n) is 8.86. The van der Waals surface area contributed by atoms with E-state index in [1.807, 2.05) is 13.1 Å². The Hall–Kier alpha value is -0.280. The predicted octanol–water partition coefficient (Wildman–Crippen LogP) is 3.07. The van der Waals surface area contributed by atoms with E-state index in [1.54, 1.807) is 0 Å². The Kier molecular flexibility index (Phi) is 2.27. The van der Waals surface area contributed by atoms with Crippen molar-refractivity contribution in [1.29, 1.82) is 0 Å². The van der Waals surface area contributed by atoms with E-state index < -0.39 is 0 Å². The highest BCUT2D eigenvalue weighted by molar-refractivity contribution is 9.10. The fraction of sp³-hybridized carbons (Fsp3) is 0.636. The highest BCUT2D eigenvalue weighted by Crippen LogP contribution is 2.51. The Morgan fingerprint density at radius 1 is 1.43 bits per heavy atom. The summed E-state index contributed by atoms with van der Waals surface area (Å²) in [6, 6.07) is 4.02. The van der Waals surface area contributed by atoms with Gasteiger partial charge in [-0.25, -0.2) is 0 Å². The molecule has 14 heavy (non-hydrogen) atoms. The van der Waals surface area contributed by atoms with Crippen molar-refractivity contribution in [2.45, 2.75) is 37.6 Å². The number of halogens is 1. The largest absolute Gasteiger partial charge is 0.454 e. The van der Waals surface area contributed by atoms with Crippen LogP contribution in [0.1, 0.15) is 32.4 Å². The molecule has 0 aliphatic heterocycles. The van der Waals surface area contributed by atoms with Gasteiger partial charge in [-0.3, -0.25) is 0 Å². The summed E-state index contributed by atoms with van der Waals surface area (Å²) in [5.41, 5.74) is 0.304. The summed E-state index contributed by atoms with van der Waals surface area (Å²) in [7, 11) is 2.03. The molecule has 3 heteroatoms. The fourth-order valence-corrected chi connectivity index (χ4v) is 2.51. The molecule has 1 N–H and O–H groups in total. The Morgan fingerprint density at radius 3 is 2.43 bits per heavy atom. The van der Waals surface area contributed by atoms with E-state index in [2.05, 4.69) is 41.2 Å². The molecule has 0 bridgehead atoms. The molecular formula is C11H16BrNO. The Morgan fingerprint density at radius 2 is 2.07 bits per heavy atom. The molecule has 1 heterocycles. The number of rotatable bonds is 3. The molecule has 2 nitrogen and oxygen atoms in total. The van der Waals surface area contributed by atoms with Crippen LogP contribution in [0.15, 0.2) is 21.2 Å². The number of likely N-dealkylation sites (N-methyl/N-ethyl adjacent to an activating group) is 1. The first-order valence-electron chi connectivity index (χ1n) is 4.97. The van der Waals surface area contributed by atoms with Gasteiger partial charge in [0.25, 0.3) is 0 Å². The minimum atomic E-state index is 0.0633. The average molecular weight is 258 g/mol. The van der Waals surface area contributed by atoms with Gasteiger partial charge in [0.05, 0.1) is 0 Å². The van der Waals surface area contributed by atoms with Crippen molar-refractivity contribution in [2.75, 3.05) is 7.05 Å². The monoisotopic (exact) mass is 257 g/mol. The van der Waals surface area contributed by atoms with Crippen molar-refractivity contribution in [1.82, 2.24) is 5.32 Å². The summed E-state index contributed by atoms with van der Waals surface area (Å²) >= 11 is 3.35. The van der Waals surface area contributed by atoms with Gasteiger partial charge >= 0.3 is 0 Å². The van der Waals surface area contributed by atoms with Gasteiger partial charge in [0, 0.05) is 11.0 Å². The van der Waals surface area contributed by atoms with Gasteiger partial charge in [-0.2, -0.15) is 0 Å². The molecule has 0 radical (unpaired) electrons. The van der Waals surface area contributed by atoms with E-state index in [1.165, 1.54) is 12.8 Å². The molecule has 1 aliphatic carbocycles. The number of nitrogens with one attached hydrogen (secondary N) is 1. The van der Waals surface area contributed by atoms with Crippen LogP contribution in [0, 0.1) is 0 Å². The van der Waals surface area contributed by atoms with E-state index in [0.717, 1.165) is 10.4 Å². The van der Waals surface area contributed by atoms with Crippen LogP contribution in [-0.4, -0.2) is 12.6 Å². The quantitative estimate of drug-likeness (QED) is 0.901. The maximum absolute atomic E-state index is 5.65. The second-order valence-electron chi connectivity index (χ2n) is 4.56. The van der Waals surface area contributed by atoms with Gasteiger partial charge < -0.3 is 9.73 Å². The third kappa shape index (κ3) is 1.34. The smallest absolute Gasteiger partial charge is 0.169 e. The van der Waals surface area contributed by atoms with Gasteiger partial charge in [0.2, 0.25) is 0 Å². The van der Waals surface area contributed by atoms with Gasteiger partial charge in [0.1, 0.15) is 5.76 Å². The van der Waals surface area contributed by atoms with E-state index in [9.17, 15) is 0 Å². The maximum atomic E-state index is 5.65. The molecule has 78 valence electrons. The summed E-state index contributed by atoms with van der Waals surface area (Å²) in [5.74, 6) is 1.05. The van der Waals surface area contributed by atoms with Crippen molar-refractivity contribution in [3.05, 3.63) is 22.6 Å². The lowest BCUT2D eigenvalue weighted by molar-refractivity contribution is 0.276. The maximum Gasteiger partial charge on any atom is 0.169 e. The van der Waals surface area contributed by atoms with Crippen molar-refractivity contribution >= 4 is 15.9 Å². The number of hydrogen-bond acceptors (Lipinski definition) is 2. The molecule has 1 aromatic heterocycles. The van der Waals surface area contributed by atoms with Crippen molar-refractivity contribution in [3.8, 4) is 0 Å². The van der Waals surface area contributed by atoms with E-state index >= 15 is 0 Å². The highest BCUT2D eigenvalue weighted by Gasteiger charge is 2.55. The summed E-state index contributed by atoms with van der Waals surface area (Å²) in [6.45, 7) is 4.48. The fourth-order valence-electron chi connectivity index (χ4n) is 2.20. The highest BCUT2D eigenvalue weighted by atomic mass is 79.9. The Labute approximate surface area is 93.2 Å².